The molecule has 0 heterocycles. The molecule has 0 bridgehead atoms. The molecular weight excluding hydrogens is 504 g/mol. The Bertz CT molecular complexity index is 455. The predicted octanol–water partition coefficient (Wildman–Crippen LogP) is -1.55. The summed E-state index contributed by atoms with van der Waals surface area (Å²) < 4.78 is 96.0. The van der Waals surface area contributed by atoms with Gasteiger partial charge < -0.3 is 13.7 Å². The SMILES string of the molecule is CCOS(=O)(=O)[O-].CCOS(=O)(=O)[O-].CCOS(=O)(=O)[O-].[Nd+3]. The van der Waals surface area contributed by atoms with Crippen LogP contribution in [-0.4, -0.2) is 58.7 Å². The fraction of sp³-hybridized carbons (Fsp3) is 1.00. The Balaban J connectivity index is -0.000000108. The van der Waals surface area contributed by atoms with E-state index in [2.05, 4.69) is 12.5 Å². The van der Waals surface area contributed by atoms with Gasteiger partial charge in [0, 0.05) is 0 Å². The minimum atomic E-state index is -4.42. The molecule has 0 aromatic heterocycles. The van der Waals surface area contributed by atoms with Crippen LogP contribution in [-0.2, 0) is 43.7 Å². The van der Waals surface area contributed by atoms with Gasteiger partial charge >= 0.3 is 40.8 Å². The van der Waals surface area contributed by atoms with E-state index in [1.165, 1.54) is 20.8 Å². The first-order valence-electron chi connectivity index (χ1n) is 4.99. The molecule has 16 heteroatoms. The third-order valence-electron chi connectivity index (χ3n) is 0.787. The minimum absolute atomic E-state index is 0. The normalized spacial score (nSPS) is 11.2. The molecule has 12 nitrogen and oxygen atoms in total. The van der Waals surface area contributed by atoms with Crippen LogP contribution < -0.4 is 0 Å². The zero-order valence-corrected chi connectivity index (χ0v) is 17.4. The van der Waals surface area contributed by atoms with Crippen molar-refractivity contribution >= 4 is 31.2 Å². The summed E-state index contributed by atoms with van der Waals surface area (Å²) in [5.41, 5.74) is 0. The maximum atomic E-state index is 9.45. The van der Waals surface area contributed by atoms with Gasteiger partial charge in [-0.25, -0.2) is 25.3 Å². The number of hydrogen-bond acceptors (Lipinski definition) is 12. The van der Waals surface area contributed by atoms with Gasteiger partial charge in [0.1, 0.15) is 0 Å². The second kappa shape index (κ2) is 15.5. The number of rotatable bonds is 6. The summed E-state index contributed by atoms with van der Waals surface area (Å²) in [6.45, 7) is 4.00. The monoisotopic (exact) mass is 517 g/mol. The van der Waals surface area contributed by atoms with E-state index in [-0.39, 0.29) is 60.7 Å². The fourth-order valence-electron chi connectivity index (χ4n) is 0.433. The molecule has 0 amide bonds. The van der Waals surface area contributed by atoms with Crippen molar-refractivity contribution in [3.05, 3.63) is 0 Å². The number of hydrogen-bond donors (Lipinski definition) is 0. The second-order valence-electron chi connectivity index (χ2n) is 2.44. The van der Waals surface area contributed by atoms with Crippen molar-refractivity contribution in [3.8, 4) is 0 Å². The van der Waals surface area contributed by atoms with E-state index in [0.29, 0.717) is 0 Å². The van der Waals surface area contributed by atoms with Crippen LogP contribution in [0.15, 0.2) is 0 Å². The maximum Gasteiger partial charge on any atom is 3.00 e. The summed E-state index contributed by atoms with van der Waals surface area (Å²) in [6, 6.07) is 0. The van der Waals surface area contributed by atoms with E-state index < -0.39 is 31.2 Å². The first kappa shape index (κ1) is 30.8. The summed E-state index contributed by atoms with van der Waals surface area (Å²) in [5, 5.41) is 0. The van der Waals surface area contributed by atoms with Crippen molar-refractivity contribution in [1.82, 2.24) is 0 Å². The molecule has 0 aliphatic heterocycles. The third kappa shape index (κ3) is 49.7. The van der Waals surface area contributed by atoms with Gasteiger partial charge in [0.05, 0.1) is 19.8 Å². The van der Waals surface area contributed by atoms with Crippen LogP contribution in [0.1, 0.15) is 20.8 Å². The molecule has 22 heavy (non-hydrogen) atoms. The average Bonchev–Trinajstić information content (AvgIpc) is 2.12. The summed E-state index contributed by atoms with van der Waals surface area (Å²) >= 11 is 0. The van der Waals surface area contributed by atoms with Gasteiger partial charge in [0.25, 0.3) is 0 Å². The van der Waals surface area contributed by atoms with Gasteiger partial charge in [-0.3, -0.25) is 12.5 Å². The molecule has 0 atom stereocenters. The summed E-state index contributed by atoms with van der Waals surface area (Å²) in [5.74, 6) is 0. The summed E-state index contributed by atoms with van der Waals surface area (Å²) in [4.78, 5) is 0. The molecular formula is C6H15NdO12S3. The molecule has 0 unspecified atom stereocenters. The van der Waals surface area contributed by atoms with Crippen molar-refractivity contribution in [3.63, 3.8) is 0 Å². The fourth-order valence-corrected chi connectivity index (χ4v) is 1.30. The third-order valence-corrected chi connectivity index (χ3v) is 2.36. The van der Waals surface area contributed by atoms with Crippen molar-refractivity contribution in [2.24, 2.45) is 0 Å². The van der Waals surface area contributed by atoms with Crippen LogP contribution in [0.2, 0.25) is 0 Å². The van der Waals surface area contributed by atoms with Crippen molar-refractivity contribution in [1.29, 1.82) is 0 Å². The molecule has 0 N–H and O–H groups in total. The van der Waals surface area contributed by atoms with Crippen molar-refractivity contribution in [2.45, 2.75) is 20.8 Å². The smallest absolute Gasteiger partial charge is 0.726 e. The second-order valence-corrected chi connectivity index (χ2v) is 5.60. The molecule has 133 valence electrons. The van der Waals surface area contributed by atoms with Crippen LogP contribution in [0.4, 0.5) is 0 Å². The van der Waals surface area contributed by atoms with E-state index in [4.69, 9.17) is 0 Å². The Morgan fingerprint density at radius 3 is 0.727 bits per heavy atom. The molecule has 0 spiro atoms. The van der Waals surface area contributed by atoms with E-state index in [1.54, 1.807) is 0 Å². The van der Waals surface area contributed by atoms with E-state index >= 15 is 0 Å². The Kier molecular flexibility index (Phi) is 21.7. The summed E-state index contributed by atoms with van der Waals surface area (Å²) in [6.07, 6.45) is 0. The Morgan fingerprint density at radius 1 is 0.591 bits per heavy atom. The molecule has 0 aliphatic rings. The van der Waals surface area contributed by atoms with Gasteiger partial charge in [0.2, 0.25) is 31.2 Å². The molecule has 0 rings (SSSR count). The van der Waals surface area contributed by atoms with Crippen LogP contribution in [0.5, 0.6) is 0 Å². The van der Waals surface area contributed by atoms with Crippen LogP contribution >= 0.6 is 0 Å². The Morgan fingerprint density at radius 2 is 0.727 bits per heavy atom. The topological polar surface area (TPSA) is 199 Å². The molecule has 0 aromatic rings. The molecule has 0 saturated carbocycles. The Hall–Kier alpha value is 0.961. The quantitative estimate of drug-likeness (QED) is 0.289. The van der Waals surface area contributed by atoms with Crippen LogP contribution in [0.3, 0.4) is 0 Å². The van der Waals surface area contributed by atoms with E-state index in [0.717, 1.165) is 0 Å². The average molecular weight is 520 g/mol. The van der Waals surface area contributed by atoms with Gasteiger partial charge in [-0.05, 0) is 20.8 Å². The zero-order valence-electron chi connectivity index (χ0n) is 11.7. The van der Waals surface area contributed by atoms with Gasteiger partial charge in [0.15, 0.2) is 0 Å². The Labute approximate surface area is 162 Å². The molecule has 0 saturated heterocycles. The maximum absolute atomic E-state index is 9.45. The minimum Gasteiger partial charge on any atom is -0.726 e. The molecule has 0 fully saturated rings. The van der Waals surface area contributed by atoms with Gasteiger partial charge in [-0.1, -0.05) is 0 Å². The standard InChI is InChI=1S/3C2H6O4S.Nd/c3*1-2-6-7(3,4)5;/h3*2H2,1H3,(H,3,4,5);/q;;;+3/p-3. The molecule has 0 aromatic carbocycles. The van der Waals surface area contributed by atoms with E-state index in [1.807, 2.05) is 0 Å². The van der Waals surface area contributed by atoms with Crippen LogP contribution in [0.25, 0.3) is 0 Å². The van der Waals surface area contributed by atoms with Gasteiger partial charge in [-0.15, -0.1) is 0 Å². The molecule has 0 aliphatic carbocycles. The zero-order chi connectivity index (χ0) is 17.7. The van der Waals surface area contributed by atoms with Crippen molar-refractivity contribution in [2.75, 3.05) is 19.8 Å². The molecule has 1 radical (unpaired) electrons. The first-order valence-corrected chi connectivity index (χ1v) is 8.99. The van der Waals surface area contributed by atoms with Crippen LogP contribution in [0, 0.1) is 40.8 Å². The largest absolute Gasteiger partial charge is 3.00 e. The van der Waals surface area contributed by atoms with E-state index in [9.17, 15) is 38.9 Å². The summed E-state index contributed by atoms with van der Waals surface area (Å²) in [7, 11) is -13.3. The van der Waals surface area contributed by atoms with Gasteiger partial charge in [-0.2, -0.15) is 0 Å². The first-order chi connectivity index (χ1) is 9.18. The predicted molar refractivity (Wildman–Crippen MR) is 64.0 cm³/mol. The van der Waals surface area contributed by atoms with Crippen molar-refractivity contribution < 1.29 is 92.3 Å².